The molecule has 1 fully saturated rings. The molecule has 1 unspecified atom stereocenters. The molecule has 2 heterocycles. The molecule has 1 atom stereocenters. The van der Waals surface area contributed by atoms with E-state index in [4.69, 9.17) is 0 Å². The Labute approximate surface area is 128 Å². The lowest BCUT2D eigenvalue weighted by Crippen LogP contribution is -2.31. The average molecular weight is 336 g/mol. The third kappa shape index (κ3) is 3.08. The fourth-order valence-corrected chi connectivity index (χ4v) is 3.48. The molecule has 0 aliphatic carbocycles. The van der Waals surface area contributed by atoms with Gasteiger partial charge in [0.1, 0.15) is 0 Å². The van der Waals surface area contributed by atoms with Gasteiger partial charge >= 0.3 is 0 Å². The molecule has 0 bridgehead atoms. The van der Waals surface area contributed by atoms with Crippen molar-refractivity contribution >= 4 is 26.8 Å². The van der Waals surface area contributed by atoms with Gasteiger partial charge in [-0.05, 0) is 63.2 Å². The second kappa shape index (κ2) is 6.29. The maximum Gasteiger partial charge on any atom is 0.0458 e. The molecule has 1 aromatic heterocycles. The van der Waals surface area contributed by atoms with Gasteiger partial charge in [-0.3, -0.25) is 4.90 Å². The van der Waals surface area contributed by atoms with Crippen LogP contribution >= 0.6 is 15.9 Å². The van der Waals surface area contributed by atoms with Crippen LogP contribution in [-0.2, 0) is 6.54 Å². The molecule has 108 valence electrons. The van der Waals surface area contributed by atoms with Gasteiger partial charge in [0, 0.05) is 34.2 Å². The van der Waals surface area contributed by atoms with Crippen molar-refractivity contribution in [3.05, 3.63) is 34.4 Å². The van der Waals surface area contributed by atoms with Gasteiger partial charge in [-0.15, -0.1) is 0 Å². The third-order valence-electron chi connectivity index (χ3n) is 4.32. The van der Waals surface area contributed by atoms with Crippen molar-refractivity contribution in [2.45, 2.75) is 31.8 Å². The first-order valence-corrected chi connectivity index (χ1v) is 8.20. The monoisotopic (exact) mass is 335 g/mol. The van der Waals surface area contributed by atoms with Crippen molar-refractivity contribution < 1.29 is 0 Å². The predicted molar refractivity (Wildman–Crippen MR) is 88.0 cm³/mol. The molecule has 4 heteroatoms. The highest BCUT2D eigenvalue weighted by Crippen LogP contribution is 2.24. The first kappa shape index (κ1) is 14.1. The molecular weight excluding hydrogens is 314 g/mol. The molecule has 0 saturated carbocycles. The molecule has 2 N–H and O–H groups in total. The van der Waals surface area contributed by atoms with E-state index in [9.17, 15) is 0 Å². The lowest BCUT2D eigenvalue weighted by molar-refractivity contribution is 0.217. The topological polar surface area (TPSA) is 31.1 Å². The van der Waals surface area contributed by atoms with E-state index < -0.39 is 0 Å². The molecule has 3 rings (SSSR count). The number of benzene rings is 1. The number of aromatic nitrogens is 1. The van der Waals surface area contributed by atoms with Crippen LogP contribution < -0.4 is 5.32 Å². The van der Waals surface area contributed by atoms with E-state index in [0.29, 0.717) is 6.04 Å². The van der Waals surface area contributed by atoms with Crippen molar-refractivity contribution in [2.75, 3.05) is 20.1 Å². The van der Waals surface area contributed by atoms with Crippen LogP contribution in [0.15, 0.2) is 28.9 Å². The largest absolute Gasteiger partial charge is 0.361 e. The van der Waals surface area contributed by atoms with Crippen LogP contribution in [0.5, 0.6) is 0 Å². The Morgan fingerprint density at radius 1 is 1.30 bits per heavy atom. The molecule has 0 amide bonds. The molecule has 3 nitrogen and oxygen atoms in total. The summed E-state index contributed by atoms with van der Waals surface area (Å²) in [5, 5.41) is 4.82. The number of nitrogens with zero attached hydrogens (tertiary/aromatic N) is 1. The van der Waals surface area contributed by atoms with Gasteiger partial charge in [0.25, 0.3) is 0 Å². The standard InChI is InChI=1S/C16H22BrN3/c1-20(14-3-2-7-18-8-6-14)11-12-10-19-16-5-4-13(17)9-15(12)16/h4-5,9-10,14,18-19H,2-3,6-8,11H2,1H3. The van der Waals surface area contributed by atoms with E-state index in [0.717, 1.165) is 17.6 Å². The zero-order valence-electron chi connectivity index (χ0n) is 12.0. The van der Waals surface area contributed by atoms with Crippen molar-refractivity contribution in [3.63, 3.8) is 0 Å². The van der Waals surface area contributed by atoms with E-state index >= 15 is 0 Å². The highest BCUT2D eigenvalue weighted by molar-refractivity contribution is 9.10. The molecular formula is C16H22BrN3. The van der Waals surface area contributed by atoms with Crippen LogP contribution in [0.25, 0.3) is 10.9 Å². The molecule has 2 aromatic rings. The van der Waals surface area contributed by atoms with E-state index in [1.54, 1.807) is 0 Å². The second-order valence-electron chi connectivity index (χ2n) is 5.75. The Kier molecular flexibility index (Phi) is 4.44. The van der Waals surface area contributed by atoms with E-state index in [1.807, 2.05) is 0 Å². The van der Waals surface area contributed by atoms with E-state index in [2.05, 4.69) is 62.6 Å². The van der Waals surface area contributed by atoms with Gasteiger partial charge in [-0.2, -0.15) is 0 Å². The quantitative estimate of drug-likeness (QED) is 0.899. The third-order valence-corrected chi connectivity index (χ3v) is 4.81. The van der Waals surface area contributed by atoms with Crippen molar-refractivity contribution in [2.24, 2.45) is 0 Å². The minimum atomic E-state index is 0.696. The van der Waals surface area contributed by atoms with Gasteiger partial charge in [0.05, 0.1) is 0 Å². The van der Waals surface area contributed by atoms with Crippen molar-refractivity contribution in [3.8, 4) is 0 Å². The zero-order valence-corrected chi connectivity index (χ0v) is 13.5. The number of H-pyrrole nitrogens is 1. The van der Waals surface area contributed by atoms with Gasteiger partial charge in [-0.1, -0.05) is 15.9 Å². The van der Waals surface area contributed by atoms with Crippen LogP contribution in [0.1, 0.15) is 24.8 Å². The van der Waals surface area contributed by atoms with Crippen LogP contribution in [0.2, 0.25) is 0 Å². The summed E-state index contributed by atoms with van der Waals surface area (Å²) in [4.78, 5) is 5.89. The van der Waals surface area contributed by atoms with E-state index in [-0.39, 0.29) is 0 Å². The lowest BCUT2D eigenvalue weighted by Gasteiger charge is -2.26. The number of fused-ring (bicyclic) bond motifs is 1. The Morgan fingerprint density at radius 2 is 2.20 bits per heavy atom. The maximum atomic E-state index is 3.57. The molecule has 1 saturated heterocycles. The fourth-order valence-electron chi connectivity index (χ4n) is 3.12. The van der Waals surface area contributed by atoms with Crippen LogP contribution in [0.4, 0.5) is 0 Å². The van der Waals surface area contributed by atoms with Gasteiger partial charge in [0.15, 0.2) is 0 Å². The number of nitrogens with one attached hydrogen (secondary N) is 2. The first-order chi connectivity index (χ1) is 9.74. The Morgan fingerprint density at radius 3 is 3.10 bits per heavy atom. The first-order valence-electron chi connectivity index (χ1n) is 7.40. The fraction of sp³-hybridized carbons (Fsp3) is 0.500. The second-order valence-corrected chi connectivity index (χ2v) is 6.67. The number of hydrogen-bond donors (Lipinski definition) is 2. The summed E-state index contributed by atoms with van der Waals surface area (Å²) >= 11 is 3.57. The molecule has 1 aromatic carbocycles. The molecule has 0 radical (unpaired) electrons. The lowest BCUT2D eigenvalue weighted by atomic mass is 10.1. The normalized spacial score (nSPS) is 20.4. The molecule has 20 heavy (non-hydrogen) atoms. The molecule has 1 aliphatic heterocycles. The summed E-state index contributed by atoms with van der Waals surface area (Å²) in [5.41, 5.74) is 2.61. The summed E-state index contributed by atoms with van der Waals surface area (Å²) in [6.45, 7) is 3.33. The minimum absolute atomic E-state index is 0.696. The summed E-state index contributed by atoms with van der Waals surface area (Å²) < 4.78 is 1.15. The number of halogens is 1. The minimum Gasteiger partial charge on any atom is -0.361 e. The SMILES string of the molecule is CN(Cc1c[nH]c2ccc(Br)cc12)C1CCCNCC1. The average Bonchev–Trinajstić information content (AvgIpc) is 2.67. The van der Waals surface area contributed by atoms with Gasteiger partial charge in [-0.25, -0.2) is 0 Å². The van der Waals surface area contributed by atoms with Crippen LogP contribution in [0, 0.1) is 0 Å². The van der Waals surface area contributed by atoms with Gasteiger partial charge in [0.2, 0.25) is 0 Å². The summed E-state index contributed by atoms with van der Waals surface area (Å²) in [6.07, 6.45) is 6.00. The van der Waals surface area contributed by atoms with Crippen LogP contribution in [0.3, 0.4) is 0 Å². The Bertz CT molecular complexity index is 570. The highest BCUT2D eigenvalue weighted by Gasteiger charge is 2.17. The maximum absolute atomic E-state index is 3.57. The number of aromatic amines is 1. The summed E-state index contributed by atoms with van der Waals surface area (Å²) in [7, 11) is 2.26. The summed E-state index contributed by atoms with van der Waals surface area (Å²) in [5.74, 6) is 0. The summed E-state index contributed by atoms with van der Waals surface area (Å²) in [6, 6.07) is 7.13. The number of hydrogen-bond acceptors (Lipinski definition) is 2. The molecule has 0 spiro atoms. The molecule has 1 aliphatic rings. The van der Waals surface area contributed by atoms with Crippen molar-refractivity contribution in [1.29, 1.82) is 0 Å². The number of rotatable bonds is 3. The van der Waals surface area contributed by atoms with Crippen LogP contribution in [-0.4, -0.2) is 36.1 Å². The Hall–Kier alpha value is -0.840. The van der Waals surface area contributed by atoms with E-state index in [1.165, 1.54) is 42.3 Å². The van der Waals surface area contributed by atoms with Gasteiger partial charge < -0.3 is 10.3 Å². The van der Waals surface area contributed by atoms with Crippen molar-refractivity contribution in [1.82, 2.24) is 15.2 Å². The predicted octanol–water partition coefficient (Wildman–Crippen LogP) is 3.50. The smallest absolute Gasteiger partial charge is 0.0458 e. The highest BCUT2D eigenvalue weighted by atomic mass is 79.9. The Balaban J connectivity index is 1.76. The zero-order chi connectivity index (χ0) is 13.9.